The third-order valence-corrected chi connectivity index (χ3v) is 4.88. The summed E-state index contributed by atoms with van der Waals surface area (Å²) in [6.07, 6.45) is 1.42. The van der Waals surface area contributed by atoms with E-state index in [0.29, 0.717) is 0 Å². The second-order valence-corrected chi connectivity index (χ2v) is 6.98. The minimum Gasteiger partial charge on any atom is -0.434 e. The van der Waals surface area contributed by atoms with E-state index in [9.17, 15) is 22.0 Å². The molecule has 1 aliphatic rings. The number of carbonyl (C=O) groups is 1. The number of ether oxygens (including phenoxy) is 1. The Hall–Kier alpha value is -2.03. The highest BCUT2D eigenvalue weighted by atomic mass is 32.2. The summed E-state index contributed by atoms with van der Waals surface area (Å²) in [7, 11) is -3.15. The first-order valence-electron chi connectivity index (χ1n) is 6.44. The topological polar surface area (TPSA) is 84.8 Å². The van der Waals surface area contributed by atoms with Crippen LogP contribution in [0.3, 0.4) is 0 Å². The number of carbonyl (C=O) groups excluding carboxylic acids is 1. The second kappa shape index (κ2) is 6.82. The van der Waals surface area contributed by atoms with Gasteiger partial charge in [-0.3, -0.25) is 4.79 Å². The monoisotopic (exact) mass is 332 g/mol. The smallest absolute Gasteiger partial charge is 0.387 e. The number of hydrazone groups is 1. The minimum atomic E-state index is -3.15. The van der Waals surface area contributed by atoms with Crippen LogP contribution in [-0.4, -0.2) is 38.7 Å². The molecule has 0 spiro atoms. The Morgan fingerprint density at radius 3 is 2.77 bits per heavy atom. The SMILES string of the molecule is O=C(N/N=C\c1ccccc1OC(F)F)[C@H]1CCS(=O)(=O)C1. The summed E-state index contributed by atoms with van der Waals surface area (Å²) in [4.78, 5) is 11.7. The van der Waals surface area contributed by atoms with Crippen molar-refractivity contribution >= 4 is 22.0 Å². The van der Waals surface area contributed by atoms with Gasteiger partial charge in [0.1, 0.15) is 5.75 Å². The number of hydrogen-bond donors (Lipinski definition) is 1. The first-order chi connectivity index (χ1) is 10.4. The lowest BCUT2D eigenvalue weighted by Crippen LogP contribution is -2.27. The molecule has 1 fully saturated rings. The Kier molecular flexibility index (Phi) is 5.07. The van der Waals surface area contributed by atoms with Crippen LogP contribution in [0.1, 0.15) is 12.0 Å². The van der Waals surface area contributed by atoms with E-state index < -0.39 is 28.3 Å². The molecule has 0 bridgehead atoms. The maximum Gasteiger partial charge on any atom is 0.387 e. The average Bonchev–Trinajstić information content (AvgIpc) is 2.80. The van der Waals surface area contributed by atoms with Crippen molar-refractivity contribution in [3.63, 3.8) is 0 Å². The van der Waals surface area contributed by atoms with Gasteiger partial charge in [-0.1, -0.05) is 12.1 Å². The molecule has 1 aliphatic heterocycles. The molecule has 1 amide bonds. The summed E-state index contributed by atoms with van der Waals surface area (Å²) in [5.74, 6) is -1.42. The van der Waals surface area contributed by atoms with Crippen LogP contribution in [0.2, 0.25) is 0 Å². The standard InChI is InChI=1S/C13H14F2N2O4S/c14-13(15)21-11-4-2-1-3-9(11)7-16-17-12(18)10-5-6-22(19,20)8-10/h1-4,7,10,13H,5-6,8H2,(H,17,18)/b16-7-/t10-/m0/s1. The molecule has 2 rings (SSSR count). The Balaban J connectivity index is 1.97. The largest absolute Gasteiger partial charge is 0.434 e. The van der Waals surface area contributed by atoms with Crippen LogP contribution >= 0.6 is 0 Å². The summed E-state index contributed by atoms with van der Waals surface area (Å²) >= 11 is 0. The molecule has 0 aliphatic carbocycles. The molecule has 6 nitrogen and oxygen atoms in total. The highest BCUT2D eigenvalue weighted by molar-refractivity contribution is 7.91. The number of sulfone groups is 1. The lowest BCUT2D eigenvalue weighted by Gasteiger charge is -2.07. The summed E-state index contributed by atoms with van der Waals surface area (Å²) in [6, 6.07) is 5.97. The molecule has 0 aromatic heterocycles. The van der Waals surface area contributed by atoms with E-state index in [1.165, 1.54) is 24.4 Å². The van der Waals surface area contributed by atoms with Crippen LogP contribution in [0.4, 0.5) is 8.78 Å². The fourth-order valence-electron chi connectivity index (χ4n) is 2.05. The lowest BCUT2D eigenvalue weighted by atomic mass is 10.1. The van der Waals surface area contributed by atoms with E-state index in [1.54, 1.807) is 6.07 Å². The van der Waals surface area contributed by atoms with E-state index in [4.69, 9.17) is 0 Å². The van der Waals surface area contributed by atoms with Gasteiger partial charge in [0, 0.05) is 5.56 Å². The maximum absolute atomic E-state index is 12.2. The van der Waals surface area contributed by atoms with Gasteiger partial charge in [0.2, 0.25) is 5.91 Å². The van der Waals surface area contributed by atoms with E-state index in [2.05, 4.69) is 15.3 Å². The van der Waals surface area contributed by atoms with Gasteiger partial charge in [0.15, 0.2) is 9.84 Å². The summed E-state index contributed by atoms with van der Waals surface area (Å²) in [6.45, 7) is -2.96. The van der Waals surface area contributed by atoms with Crippen molar-refractivity contribution in [3.05, 3.63) is 29.8 Å². The summed E-state index contributed by atoms with van der Waals surface area (Å²) < 4.78 is 51.3. The number of nitrogens with zero attached hydrogens (tertiary/aromatic N) is 1. The Morgan fingerprint density at radius 1 is 1.41 bits per heavy atom. The third-order valence-electron chi connectivity index (χ3n) is 3.12. The van der Waals surface area contributed by atoms with Crippen molar-refractivity contribution < 1.29 is 26.7 Å². The minimum absolute atomic E-state index is 0.0140. The van der Waals surface area contributed by atoms with Crippen molar-refractivity contribution in [2.24, 2.45) is 11.0 Å². The van der Waals surface area contributed by atoms with Gasteiger partial charge >= 0.3 is 6.61 Å². The molecule has 1 heterocycles. The number of alkyl halides is 2. The van der Waals surface area contributed by atoms with Gasteiger partial charge in [0.25, 0.3) is 0 Å². The fourth-order valence-corrected chi connectivity index (χ4v) is 3.79. The first-order valence-corrected chi connectivity index (χ1v) is 8.27. The zero-order valence-electron chi connectivity index (χ0n) is 11.4. The van der Waals surface area contributed by atoms with Crippen molar-refractivity contribution in [2.45, 2.75) is 13.0 Å². The van der Waals surface area contributed by atoms with Crippen LogP contribution in [0.25, 0.3) is 0 Å². The quantitative estimate of drug-likeness (QED) is 0.648. The van der Waals surface area contributed by atoms with Gasteiger partial charge in [-0.2, -0.15) is 13.9 Å². The van der Waals surface area contributed by atoms with Crippen LogP contribution in [0, 0.1) is 5.92 Å². The summed E-state index contributed by atoms with van der Waals surface area (Å²) in [5, 5.41) is 3.66. The zero-order valence-corrected chi connectivity index (χ0v) is 12.2. The Morgan fingerprint density at radius 2 is 2.14 bits per heavy atom. The average molecular weight is 332 g/mol. The number of amides is 1. The lowest BCUT2D eigenvalue weighted by molar-refractivity contribution is -0.124. The van der Waals surface area contributed by atoms with E-state index >= 15 is 0 Å². The van der Waals surface area contributed by atoms with Gasteiger partial charge in [-0.15, -0.1) is 0 Å². The van der Waals surface area contributed by atoms with E-state index in [0.717, 1.165) is 0 Å². The van der Waals surface area contributed by atoms with E-state index in [-0.39, 0.29) is 29.2 Å². The molecule has 9 heteroatoms. The van der Waals surface area contributed by atoms with Crippen molar-refractivity contribution in [1.82, 2.24) is 5.43 Å². The molecule has 1 aromatic carbocycles. The number of para-hydroxylation sites is 1. The molecule has 0 saturated carbocycles. The highest BCUT2D eigenvalue weighted by Gasteiger charge is 2.32. The zero-order chi connectivity index (χ0) is 16.2. The van der Waals surface area contributed by atoms with Crippen LogP contribution in [0.15, 0.2) is 29.4 Å². The first kappa shape index (κ1) is 16.3. The Bertz CT molecular complexity index is 676. The number of nitrogens with one attached hydrogen (secondary N) is 1. The second-order valence-electron chi connectivity index (χ2n) is 4.75. The normalized spacial score (nSPS) is 20.4. The van der Waals surface area contributed by atoms with Crippen LogP contribution in [-0.2, 0) is 14.6 Å². The number of hydrogen-bond acceptors (Lipinski definition) is 5. The molecular weight excluding hydrogens is 318 g/mol. The number of rotatable bonds is 5. The molecule has 0 radical (unpaired) electrons. The van der Waals surface area contributed by atoms with Gasteiger partial charge in [-0.25, -0.2) is 13.8 Å². The molecule has 1 saturated heterocycles. The molecule has 120 valence electrons. The molecule has 0 unspecified atom stereocenters. The van der Waals surface area contributed by atoms with Gasteiger partial charge in [0.05, 0.1) is 23.6 Å². The van der Waals surface area contributed by atoms with Crippen molar-refractivity contribution in [1.29, 1.82) is 0 Å². The number of benzene rings is 1. The maximum atomic E-state index is 12.2. The highest BCUT2D eigenvalue weighted by Crippen LogP contribution is 2.19. The van der Waals surface area contributed by atoms with Crippen LogP contribution in [0.5, 0.6) is 5.75 Å². The third kappa shape index (κ3) is 4.48. The predicted molar refractivity (Wildman–Crippen MR) is 75.6 cm³/mol. The molecule has 1 aromatic rings. The summed E-state index contributed by atoms with van der Waals surface area (Å²) in [5.41, 5.74) is 2.48. The van der Waals surface area contributed by atoms with Crippen molar-refractivity contribution in [2.75, 3.05) is 11.5 Å². The fraction of sp³-hybridized carbons (Fsp3) is 0.385. The molecule has 22 heavy (non-hydrogen) atoms. The molecule has 1 N–H and O–H groups in total. The van der Waals surface area contributed by atoms with E-state index in [1.807, 2.05) is 0 Å². The Labute approximate surface area is 126 Å². The van der Waals surface area contributed by atoms with Gasteiger partial charge < -0.3 is 4.74 Å². The molecule has 1 atom stereocenters. The van der Waals surface area contributed by atoms with Gasteiger partial charge in [-0.05, 0) is 18.6 Å². The van der Waals surface area contributed by atoms with Crippen molar-refractivity contribution in [3.8, 4) is 5.75 Å². The molecular formula is C13H14F2N2O4S. The van der Waals surface area contributed by atoms with Crippen LogP contribution < -0.4 is 10.2 Å². The predicted octanol–water partition coefficient (Wildman–Crippen LogP) is 1.17. The number of halogens is 2.